The summed E-state index contributed by atoms with van der Waals surface area (Å²) in [5, 5.41) is 10.7. The molecule has 0 heterocycles. The van der Waals surface area contributed by atoms with Crippen molar-refractivity contribution >= 4 is 17.3 Å². The van der Waals surface area contributed by atoms with Crippen molar-refractivity contribution in [1.29, 1.82) is 0 Å². The van der Waals surface area contributed by atoms with Crippen LogP contribution in [0, 0.1) is 16.7 Å². The molecule has 140 valence electrons. The van der Waals surface area contributed by atoms with Crippen LogP contribution < -0.4 is 0 Å². The lowest BCUT2D eigenvalue weighted by Gasteiger charge is -2.49. The molecule has 1 saturated carbocycles. The van der Waals surface area contributed by atoms with Crippen LogP contribution in [0.3, 0.4) is 0 Å². The van der Waals surface area contributed by atoms with Crippen molar-refractivity contribution < 1.29 is 24.2 Å². The average molecular weight is 358 g/mol. The first-order valence-corrected chi connectivity index (χ1v) is 9.10. The van der Waals surface area contributed by atoms with Gasteiger partial charge in [0.2, 0.25) is 11.6 Å². The molecule has 1 fully saturated rings. The number of Topliss-reactive ketones (excluding diaryl/α,β-unsaturated/α-hetero) is 3. The quantitative estimate of drug-likeness (QED) is 0.602. The summed E-state index contributed by atoms with van der Waals surface area (Å²) < 4.78 is 5.32. The zero-order valence-corrected chi connectivity index (χ0v) is 16.3. The highest BCUT2D eigenvalue weighted by Gasteiger charge is 2.56. The fourth-order valence-corrected chi connectivity index (χ4v) is 5.12. The van der Waals surface area contributed by atoms with Crippen LogP contribution in [0.15, 0.2) is 33.8 Å². The molecule has 0 radical (unpaired) electrons. The van der Waals surface area contributed by atoms with Gasteiger partial charge in [0.1, 0.15) is 0 Å². The van der Waals surface area contributed by atoms with E-state index in [9.17, 15) is 19.5 Å². The van der Waals surface area contributed by atoms with Gasteiger partial charge in [0.15, 0.2) is 17.3 Å². The number of ether oxygens (including phenoxy) is 1. The van der Waals surface area contributed by atoms with Crippen molar-refractivity contribution in [3.8, 4) is 0 Å². The second-order valence-corrected chi connectivity index (χ2v) is 8.63. The Labute approximate surface area is 153 Å². The number of hydrogen-bond donors (Lipinski definition) is 1. The van der Waals surface area contributed by atoms with Gasteiger partial charge in [0.25, 0.3) is 0 Å². The van der Waals surface area contributed by atoms with Gasteiger partial charge < -0.3 is 9.84 Å². The van der Waals surface area contributed by atoms with Gasteiger partial charge >= 0.3 is 0 Å². The zero-order chi connectivity index (χ0) is 19.6. The van der Waals surface area contributed by atoms with Crippen LogP contribution in [0.25, 0.3) is 0 Å². The van der Waals surface area contributed by atoms with Gasteiger partial charge in [0.05, 0.1) is 12.7 Å². The van der Waals surface area contributed by atoms with Crippen LogP contribution in [0.2, 0.25) is 0 Å². The molecule has 1 N–H and O–H groups in total. The van der Waals surface area contributed by atoms with Crippen molar-refractivity contribution in [3.05, 3.63) is 33.8 Å². The molecule has 0 amide bonds. The first-order chi connectivity index (χ1) is 12.0. The Bertz CT molecular complexity index is 834. The van der Waals surface area contributed by atoms with Crippen molar-refractivity contribution in [2.75, 3.05) is 7.11 Å². The van der Waals surface area contributed by atoms with E-state index in [2.05, 4.69) is 0 Å². The summed E-state index contributed by atoms with van der Waals surface area (Å²) in [5.74, 6) is -2.22. The number of carbonyl (C=O) groups is 3. The van der Waals surface area contributed by atoms with Crippen LogP contribution in [0.4, 0.5) is 0 Å². The Hall–Kier alpha value is -2.17. The molecule has 0 saturated heterocycles. The highest BCUT2D eigenvalue weighted by atomic mass is 16.5. The molecule has 0 spiro atoms. The molecule has 5 heteroatoms. The Morgan fingerprint density at radius 2 is 1.62 bits per heavy atom. The molecule has 0 aromatic rings. The van der Waals surface area contributed by atoms with E-state index in [-0.39, 0.29) is 34.2 Å². The van der Waals surface area contributed by atoms with Gasteiger partial charge in [-0.05, 0) is 29.7 Å². The summed E-state index contributed by atoms with van der Waals surface area (Å²) in [4.78, 5) is 39.4. The number of allylic oxidation sites excluding steroid dienone is 4. The summed E-state index contributed by atoms with van der Waals surface area (Å²) in [6.07, 6.45) is 2.26. The number of aliphatic hydroxyl groups is 1. The van der Waals surface area contributed by atoms with E-state index in [1.807, 2.05) is 20.8 Å². The summed E-state index contributed by atoms with van der Waals surface area (Å²) in [6, 6.07) is 0. The summed E-state index contributed by atoms with van der Waals surface area (Å²) in [7, 11) is 1.38. The molecule has 26 heavy (non-hydrogen) atoms. The zero-order valence-electron chi connectivity index (χ0n) is 16.3. The van der Waals surface area contributed by atoms with Gasteiger partial charge in [-0.3, -0.25) is 14.4 Å². The van der Waals surface area contributed by atoms with Gasteiger partial charge in [-0.2, -0.15) is 0 Å². The molecule has 0 aromatic heterocycles. The monoisotopic (exact) mass is 358 g/mol. The maximum atomic E-state index is 13.3. The highest BCUT2D eigenvalue weighted by Crippen LogP contribution is 2.59. The van der Waals surface area contributed by atoms with Crippen LogP contribution in [-0.2, 0) is 19.1 Å². The second kappa shape index (κ2) is 5.66. The van der Waals surface area contributed by atoms with Gasteiger partial charge in [0, 0.05) is 16.6 Å². The second-order valence-electron chi connectivity index (χ2n) is 8.63. The predicted octanol–water partition coefficient (Wildman–Crippen LogP) is 3.60. The van der Waals surface area contributed by atoms with E-state index >= 15 is 0 Å². The number of rotatable bonds is 2. The average Bonchev–Trinajstić information content (AvgIpc) is 2.52. The molecule has 3 rings (SSSR count). The lowest BCUT2D eigenvalue weighted by molar-refractivity contribution is -0.124. The fourth-order valence-electron chi connectivity index (χ4n) is 5.12. The SMILES string of the molecule is COC1=C(C(C)C)C(=O)C2=C(C1=O)[C@@]1(C)CCCC(C)(C)C1=C(O)C2=O. The van der Waals surface area contributed by atoms with Crippen molar-refractivity contribution in [2.45, 2.75) is 53.9 Å². The van der Waals surface area contributed by atoms with E-state index in [1.54, 1.807) is 13.8 Å². The topological polar surface area (TPSA) is 80.7 Å². The Kier molecular flexibility index (Phi) is 4.05. The number of hydrogen-bond acceptors (Lipinski definition) is 5. The highest BCUT2D eigenvalue weighted by molar-refractivity contribution is 6.39. The molecule has 0 bridgehead atoms. The summed E-state index contributed by atoms with van der Waals surface area (Å²) >= 11 is 0. The molecule has 5 nitrogen and oxygen atoms in total. The van der Waals surface area contributed by atoms with Crippen molar-refractivity contribution in [1.82, 2.24) is 0 Å². The lowest BCUT2D eigenvalue weighted by Crippen LogP contribution is -2.47. The molecular formula is C21H26O5. The Morgan fingerprint density at radius 3 is 2.15 bits per heavy atom. The first kappa shape index (κ1) is 18.6. The van der Waals surface area contributed by atoms with Crippen LogP contribution >= 0.6 is 0 Å². The molecule has 3 aliphatic carbocycles. The molecule has 0 aromatic carbocycles. The minimum atomic E-state index is -0.839. The standard InChI is InChI=1S/C21H26O5/c1-10(2)11-14(22)12-13(16(24)18(11)26-6)21(5)9-7-8-20(3,4)19(21)17(25)15(12)23/h10,25H,7-9H2,1-6H3/t21-/m1/s1. The van der Waals surface area contributed by atoms with E-state index in [0.29, 0.717) is 12.0 Å². The molecule has 0 aliphatic heterocycles. The molecule has 0 unspecified atom stereocenters. The van der Waals surface area contributed by atoms with E-state index in [4.69, 9.17) is 4.74 Å². The van der Waals surface area contributed by atoms with Gasteiger partial charge in [-0.1, -0.05) is 41.0 Å². The largest absolute Gasteiger partial charge is 0.504 e. The molecular weight excluding hydrogens is 332 g/mol. The molecule has 1 atom stereocenters. The van der Waals surface area contributed by atoms with Gasteiger partial charge in [-0.15, -0.1) is 0 Å². The Balaban J connectivity index is 2.33. The maximum Gasteiger partial charge on any atom is 0.231 e. The maximum absolute atomic E-state index is 13.3. The minimum Gasteiger partial charge on any atom is -0.504 e. The normalized spacial score (nSPS) is 28.7. The summed E-state index contributed by atoms with van der Waals surface area (Å²) in [6.45, 7) is 9.36. The number of fused-ring (bicyclic) bond motifs is 2. The van der Waals surface area contributed by atoms with E-state index in [0.717, 1.165) is 12.8 Å². The van der Waals surface area contributed by atoms with E-state index in [1.165, 1.54) is 7.11 Å². The van der Waals surface area contributed by atoms with Crippen molar-refractivity contribution in [2.24, 2.45) is 16.7 Å². The number of carbonyl (C=O) groups excluding carboxylic acids is 3. The third kappa shape index (κ3) is 2.19. The first-order valence-electron chi connectivity index (χ1n) is 9.10. The predicted molar refractivity (Wildman–Crippen MR) is 96.3 cm³/mol. The van der Waals surface area contributed by atoms with Gasteiger partial charge in [-0.25, -0.2) is 0 Å². The molecule has 3 aliphatic rings. The third-order valence-electron chi connectivity index (χ3n) is 6.12. The Morgan fingerprint density at radius 1 is 1.00 bits per heavy atom. The lowest BCUT2D eigenvalue weighted by atomic mass is 9.52. The number of methoxy groups -OCH3 is 1. The number of aliphatic hydroxyl groups excluding tert-OH is 1. The fraction of sp³-hybridized carbons (Fsp3) is 0.571. The van der Waals surface area contributed by atoms with Crippen LogP contribution in [0.1, 0.15) is 53.9 Å². The van der Waals surface area contributed by atoms with Crippen LogP contribution in [0.5, 0.6) is 0 Å². The minimum absolute atomic E-state index is 0.0295. The smallest absolute Gasteiger partial charge is 0.231 e. The number of ketones is 3. The van der Waals surface area contributed by atoms with Crippen molar-refractivity contribution in [3.63, 3.8) is 0 Å². The summed E-state index contributed by atoms with van der Waals surface area (Å²) in [5.41, 5.74) is -0.447. The third-order valence-corrected chi connectivity index (χ3v) is 6.12. The van der Waals surface area contributed by atoms with E-state index < -0.39 is 28.2 Å². The van der Waals surface area contributed by atoms with Crippen LogP contribution in [-0.4, -0.2) is 29.6 Å².